The number of nitriles is 1. The number of hydrogen-bond donors (Lipinski definition) is 1. The van der Waals surface area contributed by atoms with Crippen molar-refractivity contribution in [2.24, 2.45) is 11.3 Å². The van der Waals surface area contributed by atoms with Crippen molar-refractivity contribution in [1.29, 1.82) is 5.26 Å². The van der Waals surface area contributed by atoms with Crippen LogP contribution in [0.3, 0.4) is 0 Å². The van der Waals surface area contributed by atoms with Crippen LogP contribution in [0.15, 0.2) is 9.64 Å². The molecule has 0 bridgehead atoms. The SMILES string of the molecule is CC(C)c1nnc(SCC(=O)Nc2sc3c(c2C#N)CC[C@H](C(C)(C)C)C3)o1. The summed E-state index contributed by atoms with van der Waals surface area (Å²) in [6.07, 6.45) is 2.96. The third-order valence-corrected chi connectivity index (χ3v) is 7.09. The van der Waals surface area contributed by atoms with E-state index in [1.54, 1.807) is 11.3 Å². The van der Waals surface area contributed by atoms with Crippen molar-refractivity contribution in [2.75, 3.05) is 11.1 Å². The van der Waals surface area contributed by atoms with Crippen molar-refractivity contribution in [3.8, 4) is 6.07 Å². The summed E-state index contributed by atoms with van der Waals surface area (Å²) < 4.78 is 5.51. The second-order valence-electron chi connectivity index (χ2n) is 8.52. The molecular weight excluding hydrogens is 392 g/mol. The van der Waals surface area contributed by atoms with Crippen LogP contribution >= 0.6 is 23.1 Å². The van der Waals surface area contributed by atoms with Gasteiger partial charge in [0.15, 0.2) is 0 Å². The van der Waals surface area contributed by atoms with Crippen molar-refractivity contribution in [1.82, 2.24) is 10.2 Å². The molecule has 1 aliphatic rings. The van der Waals surface area contributed by atoms with Gasteiger partial charge in [-0.15, -0.1) is 21.5 Å². The van der Waals surface area contributed by atoms with Crippen molar-refractivity contribution < 1.29 is 9.21 Å². The number of amides is 1. The molecule has 1 amide bonds. The summed E-state index contributed by atoms with van der Waals surface area (Å²) in [6, 6.07) is 2.30. The van der Waals surface area contributed by atoms with Gasteiger partial charge in [-0.3, -0.25) is 4.79 Å². The van der Waals surface area contributed by atoms with Gasteiger partial charge in [0.2, 0.25) is 11.8 Å². The highest BCUT2D eigenvalue weighted by molar-refractivity contribution is 7.99. The molecule has 0 radical (unpaired) electrons. The lowest BCUT2D eigenvalue weighted by Crippen LogP contribution is -2.26. The Morgan fingerprint density at radius 1 is 1.43 bits per heavy atom. The zero-order chi connectivity index (χ0) is 20.5. The first-order chi connectivity index (χ1) is 13.2. The molecule has 1 aliphatic carbocycles. The summed E-state index contributed by atoms with van der Waals surface area (Å²) in [5.41, 5.74) is 1.99. The molecule has 3 rings (SSSR count). The fraction of sp³-hybridized carbons (Fsp3) is 0.600. The summed E-state index contributed by atoms with van der Waals surface area (Å²) in [5.74, 6) is 1.31. The fourth-order valence-electron chi connectivity index (χ4n) is 3.33. The average Bonchev–Trinajstić information content (AvgIpc) is 3.22. The van der Waals surface area contributed by atoms with Crippen LogP contribution in [0.1, 0.15) is 68.9 Å². The van der Waals surface area contributed by atoms with E-state index >= 15 is 0 Å². The van der Waals surface area contributed by atoms with Crippen LogP contribution < -0.4 is 5.32 Å². The average molecular weight is 419 g/mol. The van der Waals surface area contributed by atoms with Gasteiger partial charge in [0.25, 0.3) is 5.22 Å². The Morgan fingerprint density at radius 3 is 2.79 bits per heavy atom. The van der Waals surface area contributed by atoms with E-state index in [2.05, 4.69) is 42.4 Å². The van der Waals surface area contributed by atoms with Crippen LogP contribution in [0.4, 0.5) is 5.00 Å². The lowest BCUT2D eigenvalue weighted by molar-refractivity contribution is -0.113. The van der Waals surface area contributed by atoms with Gasteiger partial charge in [0.1, 0.15) is 11.1 Å². The van der Waals surface area contributed by atoms with Crippen LogP contribution in [0.25, 0.3) is 0 Å². The number of carbonyl (C=O) groups excluding carboxylic acids is 1. The molecule has 1 atom stereocenters. The number of hydrogen-bond acceptors (Lipinski definition) is 7. The molecule has 0 saturated heterocycles. The highest BCUT2D eigenvalue weighted by atomic mass is 32.2. The van der Waals surface area contributed by atoms with Crippen LogP contribution in [-0.4, -0.2) is 21.9 Å². The van der Waals surface area contributed by atoms with Crippen LogP contribution in [0.5, 0.6) is 0 Å². The predicted molar refractivity (Wildman–Crippen MR) is 112 cm³/mol. The maximum absolute atomic E-state index is 12.4. The molecule has 0 saturated carbocycles. The zero-order valence-electron chi connectivity index (χ0n) is 17.0. The van der Waals surface area contributed by atoms with E-state index in [4.69, 9.17) is 4.42 Å². The number of thiophene rings is 1. The first kappa shape index (κ1) is 20.9. The lowest BCUT2D eigenvalue weighted by atomic mass is 9.72. The molecule has 0 aliphatic heterocycles. The van der Waals surface area contributed by atoms with Gasteiger partial charge < -0.3 is 9.73 Å². The van der Waals surface area contributed by atoms with Crippen molar-refractivity contribution >= 4 is 34.0 Å². The highest BCUT2D eigenvalue weighted by Gasteiger charge is 2.32. The maximum atomic E-state index is 12.4. The Bertz CT molecular complexity index is 902. The largest absolute Gasteiger partial charge is 0.416 e. The van der Waals surface area contributed by atoms with Crippen molar-refractivity contribution in [3.63, 3.8) is 0 Å². The van der Waals surface area contributed by atoms with Gasteiger partial charge in [0, 0.05) is 10.8 Å². The molecular formula is C20H26N4O2S2. The van der Waals surface area contributed by atoms with E-state index in [0.717, 1.165) is 24.8 Å². The predicted octanol–water partition coefficient (Wildman–Crippen LogP) is 5.01. The maximum Gasteiger partial charge on any atom is 0.277 e. The number of anilines is 1. The molecule has 1 N–H and O–H groups in total. The molecule has 28 heavy (non-hydrogen) atoms. The number of nitrogens with zero attached hydrogens (tertiary/aromatic N) is 3. The van der Waals surface area contributed by atoms with E-state index in [0.29, 0.717) is 27.6 Å². The van der Waals surface area contributed by atoms with Crippen molar-refractivity contribution in [2.45, 2.75) is 65.0 Å². The minimum absolute atomic E-state index is 0.156. The Morgan fingerprint density at radius 2 is 2.18 bits per heavy atom. The molecule has 0 spiro atoms. The normalized spacial score (nSPS) is 16.7. The van der Waals surface area contributed by atoms with Crippen LogP contribution in [0.2, 0.25) is 0 Å². The molecule has 2 aromatic heterocycles. The van der Waals surface area contributed by atoms with E-state index in [1.807, 2.05) is 13.8 Å². The van der Waals surface area contributed by atoms with E-state index in [-0.39, 0.29) is 23.0 Å². The molecule has 150 valence electrons. The number of thioether (sulfide) groups is 1. The lowest BCUT2D eigenvalue weighted by Gasteiger charge is -2.33. The molecule has 0 fully saturated rings. The first-order valence-electron chi connectivity index (χ1n) is 9.49. The molecule has 8 heteroatoms. The van der Waals surface area contributed by atoms with Gasteiger partial charge in [-0.2, -0.15) is 5.26 Å². The molecule has 6 nitrogen and oxygen atoms in total. The third-order valence-electron chi connectivity index (χ3n) is 5.10. The Labute approximate surface area is 174 Å². The fourth-order valence-corrected chi connectivity index (χ4v) is 5.20. The molecule has 0 unspecified atom stereocenters. The van der Waals surface area contributed by atoms with Crippen LogP contribution in [0, 0.1) is 22.7 Å². The van der Waals surface area contributed by atoms with Gasteiger partial charge in [0.05, 0.1) is 11.3 Å². The Balaban J connectivity index is 1.66. The quantitative estimate of drug-likeness (QED) is 0.686. The van der Waals surface area contributed by atoms with Crippen molar-refractivity contribution in [3.05, 3.63) is 21.9 Å². The Hall–Kier alpha value is -1.85. The summed E-state index contributed by atoms with van der Waals surface area (Å²) >= 11 is 2.76. The smallest absolute Gasteiger partial charge is 0.277 e. The molecule has 2 aromatic rings. The van der Waals surface area contributed by atoms with Gasteiger partial charge in [-0.25, -0.2) is 0 Å². The summed E-state index contributed by atoms with van der Waals surface area (Å²) in [4.78, 5) is 13.6. The van der Waals surface area contributed by atoms with Gasteiger partial charge >= 0.3 is 0 Å². The Kier molecular flexibility index (Phi) is 6.15. The number of rotatable bonds is 5. The van der Waals surface area contributed by atoms with E-state index in [1.165, 1.54) is 16.6 Å². The minimum Gasteiger partial charge on any atom is -0.416 e. The second-order valence-corrected chi connectivity index (χ2v) is 10.6. The van der Waals surface area contributed by atoms with Gasteiger partial charge in [-0.1, -0.05) is 46.4 Å². The van der Waals surface area contributed by atoms with E-state index < -0.39 is 0 Å². The zero-order valence-corrected chi connectivity index (χ0v) is 18.6. The summed E-state index contributed by atoms with van der Waals surface area (Å²) in [5, 5.41) is 21.5. The summed E-state index contributed by atoms with van der Waals surface area (Å²) in [6.45, 7) is 10.7. The van der Waals surface area contributed by atoms with E-state index in [9.17, 15) is 10.1 Å². The molecule has 0 aromatic carbocycles. The topological polar surface area (TPSA) is 91.8 Å². The number of fused-ring (bicyclic) bond motifs is 1. The number of nitrogens with one attached hydrogen (secondary N) is 1. The standard InChI is InChI=1S/C20H26N4O2S2/c1-11(2)17-23-24-19(26-17)27-10-16(25)22-18-14(9-21)13-7-6-12(20(3,4)5)8-15(13)28-18/h11-12H,6-8,10H2,1-5H3,(H,22,25)/t12-/m0/s1. The minimum atomic E-state index is -0.170. The van der Waals surface area contributed by atoms with Crippen LogP contribution in [-0.2, 0) is 17.6 Å². The monoisotopic (exact) mass is 418 g/mol. The first-order valence-corrected chi connectivity index (χ1v) is 11.3. The van der Waals surface area contributed by atoms with Gasteiger partial charge in [-0.05, 0) is 36.2 Å². The molecule has 2 heterocycles. The second kappa shape index (κ2) is 8.26. The highest BCUT2D eigenvalue weighted by Crippen LogP contribution is 2.44. The summed E-state index contributed by atoms with van der Waals surface area (Å²) in [7, 11) is 0. The number of carbonyl (C=O) groups is 1. The third kappa shape index (κ3) is 4.58. The number of aromatic nitrogens is 2.